The zero-order valence-corrected chi connectivity index (χ0v) is 12.5. The number of hydrogen-bond acceptors (Lipinski definition) is 3. The first-order valence-electron chi connectivity index (χ1n) is 6.91. The summed E-state index contributed by atoms with van der Waals surface area (Å²) in [6.07, 6.45) is 0. The molecule has 1 aromatic carbocycles. The van der Waals surface area contributed by atoms with E-state index in [0.29, 0.717) is 6.04 Å². The predicted molar refractivity (Wildman–Crippen MR) is 84.1 cm³/mol. The van der Waals surface area contributed by atoms with Crippen molar-refractivity contribution in [3.05, 3.63) is 48.2 Å². The maximum Gasteiger partial charge on any atom is 0.134 e. The molecule has 1 aliphatic rings. The molecule has 0 unspecified atom stereocenters. The van der Waals surface area contributed by atoms with Crippen LogP contribution in [0.25, 0.3) is 11.3 Å². The third-order valence-electron chi connectivity index (χ3n) is 3.55. The summed E-state index contributed by atoms with van der Waals surface area (Å²) >= 11 is 0. The molecule has 2 aromatic rings. The van der Waals surface area contributed by atoms with E-state index in [2.05, 4.69) is 41.4 Å². The van der Waals surface area contributed by atoms with Gasteiger partial charge in [-0.3, -0.25) is 4.90 Å². The molecule has 1 atom stereocenters. The fraction of sp³-hybridized carbons (Fsp3) is 0.375. The van der Waals surface area contributed by atoms with Crippen LogP contribution >= 0.6 is 12.4 Å². The Balaban J connectivity index is 0.00000147. The number of benzene rings is 1. The van der Waals surface area contributed by atoms with Crippen LogP contribution in [-0.4, -0.2) is 30.6 Å². The normalized spacial score (nSPS) is 19.6. The van der Waals surface area contributed by atoms with Crippen molar-refractivity contribution in [2.75, 3.05) is 19.6 Å². The molecule has 3 nitrogen and oxygen atoms in total. The van der Waals surface area contributed by atoms with Gasteiger partial charge in [-0.25, -0.2) is 0 Å². The number of nitrogens with zero attached hydrogens (tertiary/aromatic N) is 1. The molecule has 20 heavy (non-hydrogen) atoms. The second-order valence-corrected chi connectivity index (χ2v) is 5.22. The van der Waals surface area contributed by atoms with Crippen molar-refractivity contribution < 1.29 is 4.42 Å². The van der Waals surface area contributed by atoms with E-state index < -0.39 is 0 Å². The topological polar surface area (TPSA) is 28.4 Å². The minimum absolute atomic E-state index is 0. The molecule has 0 saturated carbocycles. The van der Waals surface area contributed by atoms with Gasteiger partial charge in [-0.05, 0) is 19.1 Å². The van der Waals surface area contributed by atoms with E-state index in [-0.39, 0.29) is 12.4 Å². The van der Waals surface area contributed by atoms with Gasteiger partial charge in [0, 0.05) is 31.2 Å². The monoisotopic (exact) mass is 292 g/mol. The average molecular weight is 293 g/mol. The van der Waals surface area contributed by atoms with Crippen molar-refractivity contribution in [2.24, 2.45) is 0 Å². The molecule has 1 N–H and O–H groups in total. The number of nitrogens with one attached hydrogen (secondary N) is 1. The molecule has 0 aliphatic carbocycles. The van der Waals surface area contributed by atoms with Crippen LogP contribution < -0.4 is 5.32 Å². The Kier molecular flexibility index (Phi) is 5.24. The molecule has 0 radical (unpaired) electrons. The first-order valence-corrected chi connectivity index (χ1v) is 6.91. The van der Waals surface area contributed by atoms with Gasteiger partial charge in [0.2, 0.25) is 0 Å². The zero-order chi connectivity index (χ0) is 13.1. The molecule has 0 bridgehead atoms. The number of hydrogen-bond donors (Lipinski definition) is 1. The second-order valence-electron chi connectivity index (χ2n) is 5.22. The van der Waals surface area contributed by atoms with E-state index in [1.165, 1.54) is 0 Å². The first-order chi connectivity index (χ1) is 9.31. The van der Waals surface area contributed by atoms with Crippen molar-refractivity contribution in [2.45, 2.75) is 19.5 Å². The molecule has 2 heterocycles. The van der Waals surface area contributed by atoms with Crippen LogP contribution in [-0.2, 0) is 6.54 Å². The molecule has 0 spiro atoms. The van der Waals surface area contributed by atoms with Crippen molar-refractivity contribution in [1.29, 1.82) is 0 Å². The van der Waals surface area contributed by atoms with Gasteiger partial charge in [0.05, 0.1) is 6.54 Å². The van der Waals surface area contributed by atoms with Crippen LogP contribution in [0.5, 0.6) is 0 Å². The minimum Gasteiger partial charge on any atom is -0.460 e. The van der Waals surface area contributed by atoms with E-state index in [9.17, 15) is 0 Å². The second kappa shape index (κ2) is 6.93. The van der Waals surface area contributed by atoms with Gasteiger partial charge in [-0.2, -0.15) is 0 Å². The highest BCUT2D eigenvalue weighted by Crippen LogP contribution is 2.22. The Labute approximate surface area is 126 Å². The molecule has 3 rings (SSSR count). The standard InChI is InChI=1S/C16H20N2O.ClH/c1-13-11-18(10-9-17-13)12-15-7-8-16(19-15)14-5-3-2-4-6-14;/h2-8,13,17H,9-12H2,1H3;1H/t13-;/m1./s1. The third-order valence-corrected chi connectivity index (χ3v) is 3.55. The lowest BCUT2D eigenvalue weighted by atomic mass is 10.2. The minimum atomic E-state index is 0. The molecule has 1 fully saturated rings. The van der Waals surface area contributed by atoms with Gasteiger partial charge in [-0.1, -0.05) is 30.3 Å². The average Bonchev–Trinajstić information content (AvgIpc) is 2.88. The maximum atomic E-state index is 5.95. The molecule has 0 amide bonds. The Hall–Kier alpha value is -1.29. The van der Waals surface area contributed by atoms with Crippen LogP contribution in [0.3, 0.4) is 0 Å². The molecule has 4 heteroatoms. The molecule has 1 saturated heterocycles. The van der Waals surface area contributed by atoms with Crippen molar-refractivity contribution in [1.82, 2.24) is 10.2 Å². The quantitative estimate of drug-likeness (QED) is 0.942. The summed E-state index contributed by atoms with van der Waals surface area (Å²) in [4.78, 5) is 2.44. The van der Waals surface area contributed by atoms with Crippen molar-refractivity contribution >= 4 is 12.4 Å². The van der Waals surface area contributed by atoms with E-state index >= 15 is 0 Å². The highest BCUT2D eigenvalue weighted by Gasteiger charge is 2.16. The van der Waals surface area contributed by atoms with Gasteiger partial charge in [0.1, 0.15) is 11.5 Å². The Morgan fingerprint density at radius 3 is 2.75 bits per heavy atom. The van der Waals surface area contributed by atoms with Gasteiger partial charge in [-0.15, -0.1) is 12.4 Å². The molecular formula is C16H21ClN2O. The van der Waals surface area contributed by atoms with Crippen molar-refractivity contribution in [3.8, 4) is 11.3 Å². The smallest absolute Gasteiger partial charge is 0.134 e. The van der Waals surface area contributed by atoms with E-state index in [1.807, 2.05) is 18.2 Å². The fourth-order valence-corrected chi connectivity index (χ4v) is 2.60. The predicted octanol–water partition coefficient (Wildman–Crippen LogP) is 3.16. The first kappa shape index (κ1) is 15.1. The van der Waals surface area contributed by atoms with Crippen LogP contribution in [0.1, 0.15) is 12.7 Å². The van der Waals surface area contributed by atoms with Crippen LogP contribution in [0.4, 0.5) is 0 Å². The Morgan fingerprint density at radius 1 is 1.20 bits per heavy atom. The third kappa shape index (κ3) is 3.63. The van der Waals surface area contributed by atoms with Gasteiger partial charge in [0.15, 0.2) is 0 Å². The fourth-order valence-electron chi connectivity index (χ4n) is 2.60. The zero-order valence-electron chi connectivity index (χ0n) is 11.7. The van der Waals surface area contributed by atoms with Gasteiger partial charge < -0.3 is 9.73 Å². The number of rotatable bonds is 3. The summed E-state index contributed by atoms with van der Waals surface area (Å²) in [6.45, 7) is 6.36. The highest BCUT2D eigenvalue weighted by atomic mass is 35.5. The van der Waals surface area contributed by atoms with E-state index in [0.717, 1.165) is 43.3 Å². The van der Waals surface area contributed by atoms with Crippen LogP contribution in [0.15, 0.2) is 46.9 Å². The van der Waals surface area contributed by atoms with E-state index in [4.69, 9.17) is 4.42 Å². The highest BCUT2D eigenvalue weighted by molar-refractivity contribution is 5.85. The summed E-state index contributed by atoms with van der Waals surface area (Å²) in [7, 11) is 0. The summed E-state index contributed by atoms with van der Waals surface area (Å²) in [5.74, 6) is 2.01. The molecular weight excluding hydrogens is 272 g/mol. The van der Waals surface area contributed by atoms with Gasteiger partial charge in [0.25, 0.3) is 0 Å². The molecule has 1 aliphatic heterocycles. The van der Waals surface area contributed by atoms with E-state index in [1.54, 1.807) is 0 Å². The Morgan fingerprint density at radius 2 is 2.00 bits per heavy atom. The Bertz CT molecular complexity index is 526. The summed E-state index contributed by atoms with van der Waals surface area (Å²) in [5, 5.41) is 3.46. The number of piperazine rings is 1. The lowest BCUT2D eigenvalue weighted by Gasteiger charge is -2.31. The van der Waals surface area contributed by atoms with Crippen molar-refractivity contribution in [3.63, 3.8) is 0 Å². The summed E-state index contributed by atoms with van der Waals surface area (Å²) < 4.78 is 5.95. The summed E-state index contributed by atoms with van der Waals surface area (Å²) in [6, 6.07) is 15.0. The lowest BCUT2D eigenvalue weighted by molar-refractivity contribution is 0.187. The molecule has 108 valence electrons. The van der Waals surface area contributed by atoms with Crippen LogP contribution in [0, 0.1) is 0 Å². The number of halogens is 1. The molecule has 1 aromatic heterocycles. The number of furan rings is 1. The lowest BCUT2D eigenvalue weighted by Crippen LogP contribution is -2.48. The van der Waals surface area contributed by atoms with Gasteiger partial charge >= 0.3 is 0 Å². The maximum absolute atomic E-state index is 5.95. The van der Waals surface area contributed by atoms with Crippen LogP contribution in [0.2, 0.25) is 0 Å². The largest absolute Gasteiger partial charge is 0.460 e. The summed E-state index contributed by atoms with van der Waals surface area (Å²) in [5.41, 5.74) is 1.14. The SMILES string of the molecule is C[C@@H]1CN(Cc2ccc(-c3ccccc3)o2)CCN1.Cl.